The number of furan rings is 1. The summed E-state index contributed by atoms with van der Waals surface area (Å²) in [5.41, 5.74) is -0.343. The Hall–Kier alpha value is -2.60. The number of benzene rings is 1. The van der Waals surface area contributed by atoms with E-state index in [-0.39, 0.29) is 18.3 Å². The van der Waals surface area contributed by atoms with Crippen molar-refractivity contribution in [2.75, 3.05) is 6.54 Å². The minimum atomic E-state index is -1.32. The third-order valence-electron chi connectivity index (χ3n) is 3.69. The molecule has 5 nitrogen and oxygen atoms in total. The number of nitrogens with one attached hydrogen (secondary N) is 2. The van der Waals surface area contributed by atoms with Crippen molar-refractivity contribution in [3.8, 4) is 0 Å². The van der Waals surface area contributed by atoms with Crippen molar-refractivity contribution in [3.63, 3.8) is 0 Å². The van der Waals surface area contributed by atoms with Gasteiger partial charge in [0.05, 0.1) is 6.54 Å². The number of rotatable bonds is 4. The van der Waals surface area contributed by atoms with E-state index in [4.69, 9.17) is 4.42 Å². The smallest absolute Gasteiger partial charge is 0.267 e. The van der Waals surface area contributed by atoms with E-state index < -0.39 is 5.60 Å². The second-order valence-corrected chi connectivity index (χ2v) is 5.78. The Morgan fingerprint density at radius 2 is 2.13 bits per heavy atom. The Morgan fingerprint density at radius 1 is 1.35 bits per heavy atom. The minimum Gasteiger partial charge on any atom is -0.463 e. The zero-order valence-corrected chi connectivity index (χ0v) is 12.8. The van der Waals surface area contributed by atoms with Crippen LogP contribution in [0.3, 0.4) is 0 Å². The first kappa shape index (κ1) is 15.3. The van der Waals surface area contributed by atoms with Crippen LogP contribution >= 0.6 is 0 Å². The van der Waals surface area contributed by atoms with E-state index in [2.05, 4.69) is 10.3 Å². The van der Waals surface area contributed by atoms with E-state index in [1.165, 1.54) is 12.1 Å². The average Bonchev–Trinajstić information content (AvgIpc) is 3.11. The van der Waals surface area contributed by atoms with Gasteiger partial charge in [0.25, 0.3) is 5.91 Å². The number of aryl methyl sites for hydroxylation is 1. The van der Waals surface area contributed by atoms with Crippen molar-refractivity contribution >= 4 is 16.8 Å². The highest BCUT2D eigenvalue weighted by molar-refractivity contribution is 5.98. The molecular weight excluding hydrogens is 299 g/mol. The van der Waals surface area contributed by atoms with Crippen LogP contribution in [0, 0.1) is 12.7 Å². The first-order valence-corrected chi connectivity index (χ1v) is 7.21. The van der Waals surface area contributed by atoms with Crippen molar-refractivity contribution in [1.82, 2.24) is 10.3 Å². The molecular formula is C17H17FN2O3. The van der Waals surface area contributed by atoms with Crippen LogP contribution in [0.5, 0.6) is 0 Å². The number of aromatic amines is 1. The van der Waals surface area contributed by atoms with E-state index in [0.717, 1.165) is 0 Å². The molecule has 0 aliphatic rings. The number of halogens is 1. The summed E-state index contributed by atoms with van der Waals surface area (Å²) >= 11 is 0. The van der Waals surface area contributed by atoms with Crippen LogP contribution in [0.15, 0.2) is 40.8 Å². The fourth-order valence-corrected chi connectivity index (χ4v) is 2.38. The summed E-state index contributed by atoms with van der Waals surface area (Å²) in [5, 5.41) is 13.7. The lowest BCUT2D eigenvalue weighted by atomic mass is 10.0. The summed E-state index contributed by atoms with van der Waals surface area (Å²) in [7, 11) is 0. The monoisotopic (exact) mass is 316 g/mol. The van der Waals surface area contributed by atoms with Crippen LogP contribution in [0.1, 0.15) is 28.9 Å². The van der Waals surface area contributed by atoms with Gasteiger partial charge in [0, 0.05) is 10.9 Å². The highest BCUT2D eigenvalue weighted by Crippen LogP contribution is 2.22. The summed E-state index contributed by atoms with van der Waals surface area (Å²) in [6.07, 6.45) is 0. The predicted molar refractivity (Wildman–Crippen MR) is 83.6 cm³/mol. The third-order valence-corrected chi connectivity index (χ3v) is 3.69. The number of H-pyrrole nitrogens is 1. The van der Waals surface area contributed by atoms with Gasteiger partial charge in [0.15, 0.2) is 0 Å². The van der Waals surface area contributed by atoms with Crippen LogP contribution in [0.25, 0.3) is 10.9 Å². The molecule has 1 unspecified atom stereocenters. The van der Waals surface area contributed by atoms with Crippen molar-refractivity contribution < 1.29 is 18.7 Å². The number of aromatic nitrogens is 1. The molecule has 0 fully saturated rings. The summed E-state index contributed by atoms with van der Waals surface area (Å²) in [6, 6.07) is 9.24. The number of fused-ring (bicyclic) bond motifs is 1. The molecule has 1 atom stereocenters. The maximum absolute atomic E-state index is 13.2. The van der Waals surface area contributed by atoms with Gasteiger partial charge < -0.3 is 19.8 Å². The maximum Gasteiger partial charge on any atom is 0.267 e. The first-order valence-electron chi connectivity index (χ1n) is 7.21. The van der Waals surface area contributed by atoms with Crippen molar-refractivity contribution in [1.29, 1.82) is 0 Å². The molecule has 23 heavy (non-hydrogen) atoms. The third kappa shape index (κ3) is 3.12. The van der Waals surface area contributed by atoms with Crippen LogP contribution in [-0.2, 0) is 5.60 Å². The second kappa shape index (κ2) is 5.55. The van der Waals surface area contributed by atoms with Gasteiger partial charge in [0.1, 0.15) is 28.6 Å². The van der Waals surface area contributed by atoms with Gasteiger partial charge in [-0.25, -0.2) is 4.39 Å². The molecule has 3 aromatic rings. The zero-order valence-electron chi connectivity index (χ0n) is 12.8. The molecule has 0 aliphatic heterocycles. The molecule has 0 saturated heterocycles. The molecule has 2 heterocycles. The van der Waals surface area contributed by atoms with Crippen molar-refractivity contribution in [2.45, 2.75) is 19.4 Å². The normalized spacial score (nSPS) is 13.9. The van der Waals surface area contributed by atoms with E-state index in [0.29, 0.717) is 28.1 Å². The zero-order chi connectivity index (χ0) is 16.6. The molecule has 2 aromatic heterocycles. The number of hydrogen-bond acceptors (Lipinski definition) is 3. The lowest BCUT2D eigenvalue weighted by Crippen LogP contribution is -2.38. The average molecular weight is 316 g/mol. The molecule has 1 aromatic carbocycles. The molecule has 3 rings (SSSR count). The topological polar surface area (TPSA) is 78.3 Å². The predicted octanol–water partition coefficient (Wildman–Crippen LogP) is 2.85. The van der Waals surface area contributed by atoms with E-state index in [1.807, 2.05) is 0 Å². The fraction of sp³-hybridized carbons (Fsp3) is 0.235. The molecule has 0 bridgehead atoms. The van der Waals surface area contributed by atoms with Crippen LogP contribution in [-0.4, -0.2) is 22.5 Å². The SMILES string of the molecule is Cc1ccc(C(C)(O)CNC(=O)c2cc3cc(F)ccc3[nH]2)o1. The molecule has 3 N–H and O–H groups in total. The number of amides is 1. The summed E-state index contributed by atoms with van der Waals surface area (Å²) in [6.45, 7) is 3.33. The number of carbonyl (C=O) groups excluding carboxylic acids is 1. The van der Waals surface area contributed by atoms with E-state index in [1.54, 1.807) is 38.1 Å². The van der Waals surface area contributed by atoms with Gasteiger partial charge in [-0.3, -0.25) is 4.79 Å². The standard InChI is InChI=1S/C17H17FN2O3/c1-10-3-6-15(23-10)17(2,22)9-19-16(21)14-8-11-7-12(18)4-5-13(11)20-14/h3-8,20,22H,9H2,1-2H3,(H,19,21). The fourth-order valence-electron chi connectivity index (χ4n) is 2.38. The van der Waals surface area contributed by atoms with Gasteiger partial charge in [-0.2, -0.15) is 0 Å². The van der Waals surface area contributed by atoms with Gasteiger partial charge in [0.2, 0.25) is 0 Å². The largest absolute Gasteiger partial charge is 0.463 e. The summed E-state index contributed by atoms with van der Waals surface area (Å²) < 4.78 is 18.6. The lowest BCUT2D eigenvalue weighted by Gasteiger charge is -2.21. The van der Waals surface area contributed by atoms with Crippen LogP contribution in [0.4, 0.5) is 4.39 Å². The maximum atomic E-state index is 13.2. The Morgan fingerprint density at radius 3 is 2.83 bits per heavy atom. The Labute approximate surface area is 132 Å². The highest BCUT2D eigenvalue weighted by Gasteiger charge is 2.27. The summed E-state index contributed by atoms with van der Waals surface area (Å²) in [4.78, 5) is 15.1. The van der Waals surface area contributed by atoms with E-state index in [9.17, 15) is 14.3 Å². The van der Waals surface area contributed by atoms with Gasteiger partial charge in [-0.05, 0) is 50.2 Å². The highest BCUT2D eigenvalue weighted by atomic mass is 19.1. The van der Waals surface area contributed by atoms with Gasteiger partial charge in [-0.15, -0.1) is 0 Å². The summed E-state index contributed by atoms with van der Waals surface area (Å²) in [5.74, 6) is 0.322. The molecule has 6 heteroatoms. The number of aliphatic hydroxyl groups is 1. The molecule has 0 radical (unpaired) electrons. The van der Waals surface area contributed by atoms with Gasteiger partial charge in [-0.1, -0.05) is 0 Å². The Bertz CT molecular complexity index is 864. The van der Waals surface area contributed by atoms with Crippen molar-refractivity contribution in [3.05, 3.63) is 59.4 Å². The Balaban J connectivity index is 1.73. The Kier molecular flexibility index (Phi) is 3.69. The molecule has 120 valence electrons. The van der Waals surface area contributed by atoms with Crippen LogP contribution < -0.4 is 5.32 Å². The van der Waals surface area contributed by atoms with Crippen LogP contribution in [0.2, 0.25) is 0 Å². The number of hydrogen-bond donors (Lipinski definition) is 3. The first-order chi connectivity index (χ1) is 10.8. The number of carbonyl (C=O) groups is 1. The molecule has 0 aliphatic carbocycles. The van der Waals surface area contributed by atoms with E-state index >= 15 is 0 Å². The quantitative estimate of drug-likeness (QED) is 0.692. The molecule has 1 amide bonds. The van der Waals surface area contributed by atoms with Crippen molar-refractivity contribution in [2.24, 2.45) is 0 Å². The minimum absolute atomic E-state index is 0.0114. The van der Waals surface area contributed by atoms with Gasteiger partial charge >= 0.3 is 0 Å². The lowest BCUT2D eigenvalue weighted by molar-refractivity contribution is 0.0323. The molecule has 0 saturated carbocycles. The molecule has 0 spiro atoms. The second-order valence-electron chi connectivity index (χ2n) is 5.78.